The zero-order valence-electron chi connectivity index (χ0n) is 8.85. The fourth-order valence-electron chi connectivity index (χ4n) is 1.27. The largest absolute Gasteiger partial charge is 0.488 e. The second-order valence-electron chi connectivity index (χ2n) is 3.38. The Kier molecular flexibility index (Phi) is 5.08. The van der Waals surface area contributed by atoms with Crippen molar-refractivity contribution in [3.05, 3.63) is 29.8 Å². The van der Waals surface area contributed by atoms with Crippen LogP contribution in [0.15, 0.2) is 12.1 Å². The van der Waals surface area contributed by atoms with Crippen molar-refractivity contribution >= 4 is 0 Å². The van der Waals surface area contributed by atoms with Crippen molar-refractivity contribution in [2.75, 3.05) is 6.61 Å². The lowest BCUT2D eigenvalue weighted by Crippen LogP contribution is -2.01. The highest BCUT2D eigenvalue weighted by atomic mass is 19.1. The van der Waals surface area contributed by atoms with Crippen LogP contribution in [0.25, 0.3) is 0 Å². The normalized spacial score (nSPS) is 10.3. The maximum Gasteiger partial charge on any atom is 0.191 e. The quantitative estimate of drug-likeness (QED) is 0.654. The Morgan fingerprint density at radius 2 is 2.07 bits per heavy atom. The van der Waals surface area contributed by atoms with E-state index in [1.165, 1.54) is 6.07 Å². The molecule has 0 aliphatic rings. The van der Waals surface area contributed by atoms with Gasteiger partial charge in [0.05, 0.1) is 6.61 Å². The minimum atomic E-state index is -0.759. The highest BCUT2D eigenvalue weighted by molar-refractivity contribution is 5.25. The molecule has 3 heteroatoms. The van der Waals surface area contributed by atoms with Crippen LogP contribution in [-0.2, 0) is 0 Å². The molecule has 1 aromatic carbocycles. The van der Waals surface area contributed by atoms with E-state index in [1.54, 1.807) is 0 Å². The van der Waals surface area contributed by atoms with Crippen molar-refractivity contribution in [3.63, 3.8) is 0 Å². The molecular formula is C12H15F2O. The Balaban J connectivity index is 2.37. The van der Waals surface area contributed by atoms with E-state index in [-0.39, 0.29) is 5.75 Å². The van der Waals surface area contributed by atoms with Crippen molar-refractivity contribution in [1.29, 1.82) is 0 Å². The molecule has 0 spiro atoms. The van der Waals surface area contributed by atoms with Crippen molar-refractivity contribution in [2.45, 2.75) is 32.6 Å². The van der Waals surface area contributed by atoms with E-state index in [9.17, 15) is 8.78 Å². The van der Waals surface area contributed by atoms with Gasteiger partial charge in [0.1, 0.15) is 0 Å². The predicted octanol–water partition coefficient (Wildman–Crippen LogP) is 3.72. The standard InChI is InChI=1S/C12H15F2O/c1-2-3-4-5-9-15-12-10(13)7-6-8-11(12)14/h6-7H,2-5,9H2,1H3. The molecule has 0 bridgehead atoms. The number of ether oxygens (including phenoxy) is 1. The lowest BCUT2D eigenvalue weighted by atomic mass is 10.2. The Bertz CT molecular complexity index is 279. The Labute approximate surface area is 89.1 Å². The number of hydrogen-bond acceptors (Lipinski definition) is 1. The Morgan fingerprint density at radius 3 is 2.73 bits per heavy atom. The van der Waals surface area contributed by atoms with Crippen LogP contribution in [0.2, 0.25) is 0 Å². The fraction of sp³-hybridized carbons (Fsp3) is 0.500. The zero-order chi connectivity index (χ0) is 11.1. The van der Waals surface area contributed by atoms with Crippen molar-refractivity contribution < 1.29 is 13.5 Å². The van der Waals surface area contributed by atoms with E-state index in [1.807, 2.05) is 0 Å². The Hall–Kier alpha value is -1.12. The average Bonchev–Trinajstić information content (AvgIpc) is 2.21. The molecular weight excluding hydrogens is 198 g/mol. The molecule has 83 valence electrons. The van der Waals surface area contributed by atoms with Gasteiger partial charge in [-0.3, -0.25) is 0 Å². The first-order chi connectivity index (χ1) is 7.25. The molecule has 1 aromatic rings. The molecule has 0 fully saturated rings. The van der Waals surface area contributed by atoms with Crippen LogP contribution in [0.1, 0.15) is 32.6 Å². The summed E-state index contributed by atoms with van der Waals surface area (Å²) in [5, 5.41) is 0. The molecule has 0 heterocycles. The smallest absolute Gasteiger partial charge is 0.191 e. The van der Waals surface area contributed by atoms with Gasteiger partial charge < -0.3 is 4.74 Å². The van der Waals surface area contributed by atoms with Gasteiger partial charge in [-0.2, -0.15) is 0 Å². The summed E-state index contributed by atoms with van der Waals surface area (Å²) < 4.78 is 31.1. The average molecular weight is 213 g/mol. The third-order valence-corrected chi connectivity index (χ3v) is 2.10. The van der Waals surface area contributed by atoms with Gasteiger partial charge in [0.25, 0.3) is 0 Å². The predicted molar refractivity (Wildman–Crippen MR) is 54.8 cm³/mol. The van der Waals surface area contributed by atoms with Crippen LogP contribution in [0, 0.1) is 17.7 Å². The molecule has 0 saturated carbocycles. The van der Waals surface area contributed by atoms with E-state index in [0.717, 1.165) is 31.7 Å². The maximum absolute atomic E-state index is 13.0. The number of unbranched alkanes of at least 4 members (excludes halogenated alkanes) is 3. The van der Waals surface area contributed by atoms with Gasteiger partial charge in [-0.05, 0) is 18.6 Å². The first-order valence-corrected chi connectivity index (χ1v) is 5.24. The molecule has 1 rings (SSSR count). The molecule has 1 nitrogen and oxygen atoms in total. The zero-order valence-corrected chi connectivity index (χ0v) is 8.85. The third-order valence-electron chi connectivity index (χ3n) is 2.10. The molecule has 0 atom stereocenters. The first-order valence-electron chi connectivity index (χ1n) is 5.24. The van der Waals surface area contributed by atoms with Gasteiger partial charge in [-0.25, -0.2) is 8.78 Å². The number of benzene rings is 1. The summed E-state index contributed by atoms with van der Waals surface area (Å²) in [5.74, 6) is -1.73. The number of rotatable bonds is 6. The second-order valence-corrected chi connectivity index (χ2v) is 3.38. The van der Waals surface area contributed by atoms with Crippen LogP contribution in [0.5, 0.6) is 5.75 Å². The molecule has 0 saturated heterocycles. The lowest BCUT2D eigenvalue weighted by Gasteiger charge is -2.07. The SMILES string of the molecule is CCCCCCOc1c(F)[c]ccc1F. The highest BCUT2D eigenvalue weighted by Crippen LogP contribution is 2.20. The number of halogens is 2. The summed E-state index contributed by atoms with van der Waals surface area (Å²) in [5.41, 5.74) is 0. The van der Waals surface area contributed by atoms with E-state index < -0.39 is 11.6 Å². The molecule has 0 aromatic heterocycles. The van der Waals surface area contributed by atoms with E-state index in [4.69, 9.17) is 4.74 Å². The van der Waals surface area contributed by atoms with Crippen LogP contribution >= 0.6 is 0 Å². The lowest BCUT2D eigenvalue weighted by molar-refractivity contribution is 0.275. The first kappa shape index (κ1) is 12.0. The van der Waals surface area contributed by atoms with E-state index >= 15 is 0 Å². The molecule has 1 radical (unpaired) electrons. The molecule has 0 N–H and O–H groups in total. The van der Waals surface area contributed by atoms with Gasteiger partial charge in [0.2, 0.25) is 0 Å². The van der Waals surface area contributed by atoms with Gasteiger partial charge in [-0.1, -0.05) is 26.2 Å². The van der Waals surface area contributed by atoms with Gasteiger partial charge in [0, 0.05) is 6.07 Å². The van der Waals surface area contributed by atoms with Crippen LogP contribution in [0.4, 0.5) is 8.78 Å². The molecule has 0 aliphatic carbocycles. The van der Waals surface area contributed by atoms with E-state index in [2.05, 4.69) is 13.0 Å². The second kappa shape index (κ2) is 6.38. The van der Waals surface area contributed by atoms with Gasteiger partial charge in [0.15, 0.2) is 17.4 Å². The maximum atomic E-state index is 13.0. The minimum Gasteiger partial charge on any atom is -0.488 e. The van der Waals surface area contributed by atoms with Crippen LogP contribution < -0.4 is 4.74 Å². The highest BCUT2D eigenvalue weighted by Gasteiger charge is 2.08. The molecule has 0 unspecified atom stereocenters. The number of hydrogen-bond donors (Lipinski definition) is 0. The molecule has 0 amide bonds. The van der Waals surface area contributed by atoms with Crippen molar-refractivity contribution in [3.8, 4) is 5.75 Å². The molecule has 0 aliphatic heterocycles. The summed E-state index contributed by atoms with van der Waals surface area (Å²) in [6.07, 6.45) is 4.09. The summed E-state index contributed by atoms with van der Waals surface area (Å²) >= 11 is 0. The topological polar surface area (TPSA) is 9.23 Å². The van der Waals surface area contributed by atoms with Gasteiger partial charge in [-0.15, -0.1) is 0 Å². The third kappa shape index (κ3) is 3.86. The monoisotopic (exact) mass is 213 g/mol. The van der Waals surface area contributed by atoms with Gasteiger partial charge >= 0.3 is 0 Å². The van der Waals surface area contributed by atoms with E-state index in [0.29, 0.717) is 6.61 Å². The summed E-state index contributed by atoms with van der Waals surface area (Å²) in [7, 11) is 0. The molecule has 15 heavy (non-hydrogen) atoms. The summed E-state index contributed by atoms with van der Waals surface area (Å²) in [6.45, 7) is 2.46. The minimum absolute atomic E-state index is 0.311. The fourth-order valence-corrected chi connectivity index (χ4v) is 1.27. The Morgan fingerprint density at radius 1 is 1.27 bits per heavy atom. The van der Waals surface area contributed by atoms with Crippen molar-refractivity contribution in [2.24, 2.45) is 0 Å². The summed E-state index contributed by atoms with van der Waals surface area (Å²) in [4.78, 5) is 0. The van der Waals surface area contributed by atoms with Crippen LogP contribution in [-0.4, -0.2) is 6.61 Å². The van der Waals surface area contributed by atoms with Crippen LogP contribution in [0.3, 0.4) is 0 Å². The summed E-state index contributed by atoms with van der Waals surface area (Å²) in [6, 6.07) is 4.61. The van der Waals surface area contributed by atoms with Crippen molar-refractivity contribution in [1.82, 2.24) is 0 Å².